The molecule has 2 amide bonds. The Bertz CT molecular complexity index is 1030. The minimum atomic E-state index is -0.827. The number of aromatic nitrogens is 1. The van der Waals surface area contributed by atoms with Crippen LogP contribution in [0.1, 0.15) is 31.1 Å². The highest BCUT2D eigenvalue weighted by Crippen LogP contribution is 2.33. The van der Waals surface area contributed by atoms with Crippen molar-refractivity contribution in [2.24, 2.45) is 0 Å². The monoisotopic (exact) mass is 362 g/mol. The molecule has 0 bridgehead atoms. The second-order valence-corrected chi connectivity index (χ2v) is 5.81. The molecule has 0 saturated carbocycles. The van der Waals surface area contributed by atoms with Crippen molar-refractivity contribution in [1.82, 2.24) is 10.0 Å². The Morgan fingerprint density at radius 1 is 0.852 bits per heavy atom. The number of rotatable bonds is 4. The predicted molar refractivity (Wildman–Crippen MR) is 95.1 cm³/mol. The van der Waals surface area contributed by atoms with Gasteiger partial charge in [-0.25, -0.2) is 4.79 Å². The van der Waals surface area contributed by atoms with Crippen LogP contribution in [0, 0.1) is 0 Å². The van der Waals surface area contributed by atoms with Crippen LogP contribution in [0.2, 0.25) is 0 Å². The van der Waals surface area contributed by atoms with Gasteiger partial charge in [0.25, 0.3) is 11.8 Å². The molecule has 0 radical (unpaired) electrons. The number of fused-ring (bicyclic) bond motifs is 1. The maximum absolute atomic E-state index is 12.7. The number of carbonyl (C=O) groups excluding carboxylic acids is 3. The Balaban J connectivity index is 1.64. The second-order valence-electron chi connectivity index (χ2n) is 5.81. The Morgan fingerprint density at radius 2 is 1.44 bits per heavy atom. The van der Waals surface area contributed by atoms with Crippen LogP contribution >= 0.6 is 0 Å². The molecule has 2 aromatic carbocycles. The zero-order valence-electron chi connectivity index (χ0n) is 14.3. The Morgan fingerprint density at radius 3 is 2.07 bits per heavy atom. The van der Waals surface area contributed by atoms with Gasteiger partial charge in [0.2, 0.25) is 0 Å². The maximum atomic E-state index is 12.7. The number of aromatic amines is 1. The van der Waals surface area contributed by atoms with E-state index in [-0.39, 0.29) is 16.7 Å². The van der Waals surface area contributed by atoms with Gasteiger partial charge in [-0.2, -0.15) is 0 Å². The first-order chi connectivity index (χ1) is 13.1. The number of imide groups is 1. The van der Waals surface area contributed by atoms with Crippen molar-refractivity contribution >= 4 is 17.8 Å². The summed E-state index contributed by atoms with van der Waals surface area (Å²) in [6.45, 7) is 0. The Labute approximate surface area is 154 Å². The minimum absolute atomic E-state index is 0.177. The SMILES string of the molecule is COc1ccccc1-c1c[nH]cc1C(=O)ON1C(=O)c2ccccc2C1=O. The fourth-order valence-corrected chi connectivity index (χ4v) is 3.00. The molecule has 0 unspecified atom stereocenters. The zero-order valence-corrected chi connectivity index (χ0v) is 14.3. The van der Waals surface area contributed by atoms with E-state index in [0.717, 1.165) is 0 Å². The summed E-state index contributed by atoms with van der Waals surface area (Å²) in [6, 6.07) is 13.5. The normalized spacial score (nSPS) is 12.9. The van der Waals surface area contributed by atoms with E-state index < -0.39 is 17.8 Å². The van der Waals surface area contributed by atoms with E-state index in [4.69, 9.17) is 9.57 Å². The lowest BCUT2D eigenvalue weighted by Gasteiger charge is -2.13. The number of amides is 2. The van der Waals surface area contributed by atoms with Crippen LogP contribution in [-0.2, 0) is 4.84 Å². The van der Waals surface area contributed by atoms with E-state index in [0.29, 0.717) is 21.9 Å². The van der Waals surface area contributed by atoms with Gasteiger partial charge in [0, 0.05) is 23.5 Å². The van der Waals surface area contributed by atoms with Gasteiger partial charge in [0.1, 0.15) is 5.75 Å². The highest BCUT2D eigenvalue weighted by atomic mass is 16.7. The molecule has 1 aliphatic rings. The first kappa shape index (κ1) is 16.6. The van der Waals surface area contributed by atoms with Crippen molar-refractivity contribution < 1.29 is 24.0 Å². The molecular formula is C20H14N2O5. The quantitative estimate of drug-likeness (QED) is 0.721. The fourth-order valence-electron chi connectivity index (χ4n) is 3.00. The maximum Gasteiger partial charge on any atom is 0.366 e. The van der Waals surface area contributed by atoms with Gasteiger partial charge in [-0.05, 0) is 18.2 Å². The lowest BCUT2D eigenvalue weighted by molar-refractivity contribution is -0.0583. The van der Waals surface area contributed by atoms with E-state index >= 15 is 0 Å². The van der Waals surface area contributed by atoms with Gasteiger partial charge in [0.05, 0.1) is 23.8 Å². The fraction of sp³-hybridized carbons (Fsp3) is 0.0500. The van der Waals surface area contributed by atoms with Crippen LogP contribution in [0.4, 0.5) is 0 Å². The predicted octanol–water partition coefficient (Wildman–Crippen LogP) is 3.06. The number of hydroxylamine groups is 2. The average Bonchev–Trinajstić information content (AvgIpc) is 3.28. The van der Waals surface area contributed by atoms with Gasteiger partial charge >= 0.3 is 5.97 Å². The second kappa shape index (κ2) is 6.45. The summed E-state index contributed by atoms with van der Waals surface area (Å²) in [5, 5.41) is 0.492. The number of para-hydroxylation sites is 1. The summed E-state index contributed by atoms with van der Waals surface area (Å²) in [6.07, 6.45) is 3.07. The molecule has 0 atom stereocenters. The van der Waals surface area contributed by atoms with Crippen LogP contribution in [0.5, 0.6) is 5.75 Å². The molecule has 1 aromatic heterocycles. The first-order valence-corrected chi connectivity index (χ1v) is 8.12. The molecule has 3 aromatic rings. The van der Waals surface area contributed by atoms with Gasteiger partial charge in [0.15, 0.2) is 0 Å². The van der Waals surface area contributed by atoms with Crippen LogP contribution in [-0.4, -0.2) is 34.9 Å². The zero-order chi connectivity index (χ0) is 19.0. The summed E-state index contributed by atoms with van der Waals surface area (Å²) in [4.78, 5) is 45.4. The van der Waals surface area contributed by atoms with E-state index in [1.165, 1.54) is 25.4 Å². The molecule has 0 saturated heterocycles. The summed E-state index contributed by atoms with van der Waals surface area (Å²) in [7, 11) is 1.53. The summed E-state index contributed by atoms with van der Waals surface area (Å²) in [5.41, 5.74) is 1.80. The Hall–Kier alpha value is -3.87. The van der Waals surface area contributed by atoms with Gasteiger partial charge in [-0.3, -0.25) is 9.59 Å². The number of nitrogens with zero attached hydrogens (tertiary/aromatic N) is 1. The van der Waals surface area contributed by atoms with Gasteiger partial charge < -0.3 is 14.6 Å². The van der Waals surface area contributed by atoms with Crippen LogP contribution in [0.15, 0.2) is 60.9 Å². The lowest BCUT2D eigenvalue weighted by atomic mass is 10.0. The minimum Gasteiger partial charge on any atom is -0.496 e. The van der Waals surface area contributed by atoms with Crippen LogP contribution in [0.25, 0.3) is 11.1 Å². The molecular weight excluding hydrogens is 348 g/mol. The van der Waals surface area contributed by atoms with E-state index in [1.54, 1.807) is 30.5 Å². The molecule has 0 spiro atoms. The molecule has 7 nitrogen and oxygen atoms in total. The molecule has 2 heterocycles. The van der Waals surface area contributed by atoms with Crippen molar-refractivity contribution in [1.29, 1.82) is 0 Å². The number of nitrogens with one attached hydrogen (secondary N) is 1. The van der Waals surface area contributed by atoms with Crippen molar-refractivity contribution in [3.8, 4) is 16.9 Å². The summed E-state index contributed by atoms with van der Waals surface area (Å²) >= 11 is 0. The van der Waals surface area contributed by atoms with Crippen molar-refractivity contribution in [2.75, 3.05) is 7.11 Å². The highest BCUT2D eigenvalue weighted by Gasteiger charge is 2.39. The van der Waals surface area contributed by atoms with Gasteiger partial charge in [-0.15, -0.1) is 0 Å². The van der Waals surface area contributed by atoms with Gasteiger partial charge in [-0.1, -0.05) is 35.4 Å². The third-order valence-corrected chi connectivity index (χ3v) is 4.29. The summed E-state index contributed by atoms with van der Waals surface area (Å²) in [5.74, 6) is -1.59. The summed E-state index contributed by atoms with van der Waals surface area (Å²) < 4.78 is 5.33. The number of carbonyl (C=O) groups is 3. The molecule has 1 N–H and O–H groups in total. The van der Waals surface area contributed by atoms with Crippen LogP contribution in [0.3, 0.4) is 0 Å². The number of methoxy groups -OCH3 is 1. The molecule has 0 fully saturated rings. The smallest absolute Gasteiger partial charge is 0.366 e. The average molecular weight is 362 g/mol. The van der Waals surface area contributed by atoms with Crippen molar-refractivity contribution in [2.45, 2.75) is 0 Å². The molecule has 0 aliphatic carbocycles. The number of hydrogen-bond acceptors (Lipinski definition) is 5. The molecule has 1 aliphatic heterocycles. The Kier molecular flexibility index (Phi) is 3.97. The number of hydrogen-bond donors (Lipinski definition) is 1. The third-order valence-electron chi connectivity index (χ3n) is 4.29. The number of benzene rings is 2. The molecule has 27 heavy (non-hydrogen) atoms. The molecule has 4 rings (SSSR count). The third kappa shape index (κ3) is 2.65. The molecule has 134 valence electrons. The topological polar surface area (TPSA) is 88.7 Å². The highest BCUT2D eigenvalue weighted by molar-refractivity contribution is 6.21. The van der Waals surface area contributed by atoms with E-state index in [9.17, 15) is 14.4 Å². The number of ether oxygens (including phenoxy) is 1. The van der Waals surface area contributed by atoms with Crippen LogP contribution < -0.4 is 4.74 Å². The van der Waals surface area contributed by atoms with E-state index in [2.05, 4.69) is 4.98 Å². The van der Waals surface area contributed by atoms with Crippen molar-refractivity contribution in [3.05, 3.63) is 77.6 Å². The molecule has 7 heteroatoms. The standard InChI is InChI=1S/C20H14N2O5/c1-26-17-9-5-4-6-12(17)15-10-21-11-16(15)20(25)27-22-18(23)13-7-2-3-8-14(13)19(22)24/h2-11,21H,1H3. The lowest BCUT2D eigenvalue weighted by Crippen LogP contribution is -2.32. The first-order valence-electron chi connectivity index (χ1n) is 8.12. The largest absolute Gasteiger partial charge is 0.496 e. The van der Waals surface area contributed by atoms with E-state index in [1.807, 2.05) is 12.1 Å². The van der Waals surface area contributed by atoms with Crippen molar-refractivity contribution in [3.63, 3.8) is 0 Å². The number of H-pyrrole nitrogens is 1.